The second-order valence-electron chi connectivity index (χ2n) is 4.40. The minimum absolute atomic E-state index is 0.269. The first-order chi connectivity index (χ1) is 8.13. The number of para-hydroxylation sites is 1. The van der Waals surface area contributed by atoms with Crippen LogP contribution in [0.2, 0.25) is 0 Å². The van der Waals surface area contributed by atoms with E-state index in [0.717, 1.165) is 6.42 Å². The first-order valence-corrected chi connectivity index (χ1v) is 5.86. The van der Waals surface area contributed by atoms with Crippen molar-refractivity contribution in [1.82, 2.24) is 5.32 Å². The average Bonchev–Trinajstić information content (AvgIpc) is 2.83. The van der Waals surface area contributed by atoms with Gasteiger partial charge in [0.05, 0.1) is 13.2 Å². The zero-order chi connectivity index (χ0) is 12.3. The predicted molar refractivity (Wildman–Crippen MR) is 62.7 cm³/mol. The van der Waals surface area contributed by atoms with E-state index in [0.29, 0.717) is 24.3 Å². The summed E-state index contributed by atoms with van der Waals surface area (Å²) in [5.74, 6) is -2.18. The van der Waals surface area contributed by atoms with Gasteiger partial charge in [0.2, 0.25) is 0 Å². The van der Waals surface area contributed by atoms with Crippen LogP contribution in [0, 0.1) is 0 Å². The Hall–Kier alpha value is -1.16. The van der Waals surface area contributed by atoms with Crippen molar-refractivity contribution in [3.05, 3.63) is 29.8 Å². The van der Waals surface area contributed by atoms with Gasteiger partial charge in [-0.2, -0.15) is 0 Å². The molecule has 2 rings (SSSR count). The molecule has 94 valence electrons. The molecular formula is C13H17F2NO. The molecule has 0 aromatic heterocycles. The Bertz CT molecular complexity index is 375. The largest absolute Gasteiger partial charge is 0.496 e. The van der Waals surface area contributed by atoms with Gasteiger partial charge in [0.15, 0.2) is 0 Å². The molecular weight excluding hydrogens is 224 g/mol. The Morgan fingerprint density at radius 2 is 2.18 bits per heavy atom. The van der Waals surface area contributed by atoms with E-state index < -0.39 is 12.0 Å². The third-order valence-electron chi connectivity index (χ3n) is 3.19. The van der Waals surface area contributed by atoms with E-state index in [9.17, 15) is 8.78 Å². The van der Waals surface area contributed by atoms with Crippen LogP contribution in [0.4, 0.5) is 8.78 Å². The first-order valence-electron chi connectivity index (χ1n) is 5.86. The highest BCUT2D eigenvalue weighted by atomic mass is 19.3. The number of methoxy groups -OCH3 is 1. The summed E-state index contributed by atoms with van der Waals surface area (Å²) in [6.07, 6.45) is 1.10. The van der Waals surface area contributed by atoms with Gasteiger partial charge >= 0.3 is 0 Å². The Morgan fingerprint density at radius 1 is 1.41 bits per heavy atom. The first kappa shape index (κ1) is 12.3. The maximum atomic E-state index is 14.0. The summed E-state index contributed by atoms with van der Waals surface area (Å²) >= 11 is 0. The molecule has 0 radical (unpaired) electrons. The monoisotopic (exact) mass is 241 g/mol. The molecule has 1 unspecified atom stereocenters. The number of rotatable bonds is 4. The molecule has 1 saturated heterocycles. The van der Waals surface area contributed by atoms with Crippen molar-refractivity contribution in [3.8, 4) is 5.75 Å². The van der Waals surface area contributed by atoms with E-state index in [1.54, 1.807) is 24.3 Å². The highest BCUT2D eigenvalue weighted by Gasteiger charge is 2.41. The molecule has 0 spiro atoms. The fourth-order valence-corrected chi connectivity index (χ4v) is 2.27. The lowest BCUT2D eigenvalue weighted by Crippen LogP contribution is -2.42. The Kier molecular flexibility index (Phi) is 3.62. The van der Waals surface area contributed by atoms with Crippen LogP contribution in [-0.4, -0.2) is 25.6 Å². The maximum absolute atomic E-state index is 14.0. The van der Waals surface area contributed by atoms with E-state index in [4.69, 9.17) is 4.74 Å². The number of alkyl halides is 2. The maximum Gasteiger partial charge on any atom is 0.267 e. The van der Waals surface area contributed by atoms with Gasteiger partial charge in [-0.3, -0.25) is 0 Å². The molecule has 1 aromatic rings. The third kappa shape index (κ3) is 2.75. The van der Waals surface area contributed by atoms with E-state index in [2.05, 4.69) is 5.32 Å². The van der Waals surface area contributed by atoms with Crippen molar-refractivity contribution in [1.29, 1.82) is 0 Å². The molecule has 1 N–H and O–H groups in total. The second kappa shape index (κ2) is 5.00. The molecule has 2 nitrogen and oxygen atoms in total. The molecule has 1 atom stereocenters. The van der Waals surface area contributed by atoms with Crippen LogP contribution in [0.15, 0.2) is 24.3 Å². The van der Waals surface area contributed by atoms with E-state index >= 15 is 0 Å². The highest BCUT2D eigenvalue weighted by molar-refractivity contribution is 5.34. The molecule has 4 heteroatoms. The summed E-state index contributed by atoms with van der Waals surface area (Å²) < 4.78 is 33.1. The summed E-state index contributed by atoms with van der Waals surface area (Å²) in [5.41, 5.74) is 0.564. The molecule has 1 heterocycles. The van der Waals surface area contributed by atoms with Gasteiger partial charge in [0, 0.05) is 12.0 Å². The molecule has 0 bridgehead atoms. The van der Waals surface area contributed by atoms with Crippen LogP contribution in [0.3, 0.4) is 0 Å². The zero-order valence-electron chi connectivity index (χ0n) is 9.88. The molecule has 0 aliphatic carbocycles. The Labute approximate surface area is 100.0 Å². The highest BCUT2D eigenvalue weighted by Crippen LogP contribution is 2.32. The number of ether oxygens (including phenoxy) is 1. The van der Waals surface area contributed by atoms with Crippen molar-refractivity contribution in [3.63, 3.8) is 0 Å². The molecule has 1 aliphatic rings. The summed E-state index contributed by atoms with van der Waals surface area (Å²) in [5, 5.41) is 2.86. The minimum Gasteiger partial charge on any atom is -0.496 e. The van der Waals surface area contributed by atoms with Crippen molar-refractivity contribution in [2.24, 2.45) is 0 Å². The SMILES string of the molecule is COc1ccccc1CC(F)(F)C1CCCN1. The van der Waals surface area contributed by atoms with Gasteiger partial charge in [-0.05, 0) is 25.5 Å². The zero-order valence-corrected chi connectivity index (χ0v) is 9.88. The smallest absolute Gasteiger partial charge is 0.267 e. The van der Waals surface area contributed by atoms with Gasteiger partial charge in [0.25, 0.3) is 5.92 Å². The minimum atomic E-state index is -2.72. The molecule has 17 heavy (non-hydrogen) atoms. The Morgan fingerprint density at radius 3 is 2.82 bits per heavy atom. The number of benzene rings is 1. The van der Waals surface area contributed by atoms with Gasteiger partial charge in [0.1, 0.15) is 5.75 Å². The van der Waals surface area contributed by atoms with E-state index in [-0.39, 0.29) is 6.42 Å². The van der Waals surface area contributed by atoms with Gasteiger partial charge < -0.3 is 10.1 Å². The van der Waals surface area contributed by atoms with Crippen LogP contribution in [-0.2, 0) is 6.42 Å². The second-order valence-corrected chi connectivity index (χ2v) is 4.40. The number of halogens is 2. The third-order valence-corrected chi connectivity index (χ3v) is 3.19. The fourth-order valence-electron chi connectivity index (χ4n) is 2.27. The molecule has 0 saturated carbocycles. The summed E-state index contributed by atoms with van der Waals surface area (Å²) in [6, 6.07) is 6.26. The quantitative estimate of drug-likeness (QED) is 0.875. The summed E-state index contributed by atoms with van der Waals surface area (Å²) in [6.45, 7) is 0.687. The fraction of sp³-hybridized carbons (Fsp3) is 0.538. The number of nitrogens with one attached hydrogen (secondary N) is 1. The molecule has 1 fully saturated rings. The summed E-state index contributed by atoms with van der Waals surface area (Å²) in [4.78, 5) is 0. The van der Waals surface area contributed by atoms with Crippen LogP contribution in [0.25, 0.3) is 0 Å². The van der Waals surface area contributed by atoms with Crippen molar-refractivity contribution >= 4 is 0 Å². The molecule has 1 aliphatic heterocycles. The van der Waals surface area contributed by atoms with Crippen LogP contribution in [0.5, 0.6) is 5.75 Å². The topological polar surface area (TPSA) is 21.3 Å². The summed E-state index contributed by atoms with van der Waals surface area (Å²) in [7, 11) is 1.50. The van der Waals surface area contributed by atoms with Crippen LogP contribution in [0.1, 0.15) is 18.4 Å². The van der Waals surface area contributed by atoms with E-state index in [1.165, 1.54) is 7.11 Å². The van der Waals surface area contributed by atoms with E-state index in [1.807, 2.05) is 0 Å². The molecule has 1 aromatic carbocycles. The predicted octanol–water partition coefficient (Wildman–Crippen LogP) is 2.63. The van der Waals surface area contributed by atoms with Gasteiger partial charge in [-0.15, -0.1) is 0 Å². The number of hydrogen-bond acceptors (Lipinski definition) is 2. The van der Waals surface area contributed by atoms with Gasteiger partial charge in [-0.25, -0.2) is 8.78 Å². The lowest BCUT2D eigenvalue weighted by Gasteiger charge is -2.24. The molecule has 0 amide bonds. The lowest BCUT2D eigenvalue weighted by molar-refractivity contribution is -0.0311. The average molecular weight is 241 g/mol. The van der Waals surface area contributed by atoms with Crippen molar-refractivity contribution < 1.29 is 13.5 Å². The van der Waals surface area contributed by atoms with Crippen molar-refractivity contribution in [2.75, 3.05) is 13.7 Å². The normalized spacial score (nSPS) is 20.5. The lowest BCUT2D eigenvalue weighted by atomic mass is 9.99. The standard InChI is InChI=1S/C13H17F2NO/c1-17-11-6-3-2-5-10(11)9-13(14,15)12-7-4-8-16-12/h2-3,5-6,12,16H,4,7-9H2,1H3. The van der Waals surface area contributed by atoms with Crippen molar-refractivity contribution in [2.45, 2.75) is 31.2 Å². The Balaban J connectivity index is 2.13. The van der Waals surface area contributed by atoms with Crippen LogP contribution < -0.4 is 10.1 Å². The van der Waals surface area contributed by atoms with Gasteiger partial charge in [-0.1, -0.05) is 18.2 Å². The van der Waals surface area contributed by atoms with Crippen LogP contribution >= 0.6 is 0 Å². The number of hydrogen-bond donors (Lipinski definition) is 1.